The largest absolute Gasteiger partial charge is 0.406 e. The van der Waals surface area contributed by atoms with E-state index >= 15 is 0 Å². The van der Waals surface area contributed by atoms with Gasteiger partial charge in [-0.15, -0.1) is 10.2 Å². The minimum atomic E-state index is -4.39. The molecule has 5 nitrogen and oxygen atoms in total. The average molecular weight is 401 g/mol. The monoisotopic (exact) mass is 401 g/mol. The molecule has 0 aliphatic carbocycles. The molecule has 0 N–H and O–H groups in total. The average Bonchev–Trinajstić information content (AvgIpc) is 3.07. The number of fused-ring (bicyclic) bond motifs is 1. The van der Waals surface area contributed by atoms with E-state index in [-0.39, 0.29) is 11.0 Å². The van der Waals surface area contributed by atoms with Crippen molar-refractivity contribution in [2.75, 3.05) is 0 Å². The van der Waals surface area contributed by atoms with E-state index in [1.54, 1.807) is 18.3 Å². The van der Waals surface area contributed by atoms with Crippen molar-refractivity contribution < 1.29 is 13.2 Å². The highest BCUT2D eigenvalue weighted by atomic mass is 32.2. The standard InChI is InChI=1S/C19H14F3N5S/c20-19(21,22)12-27-17(14-6-9-23-10-7-14)25-26-18(27)28-11-15-4-1-3-13-5-2-8-24-16(13)15/h1-10H,11-12H2. The van der Waals surface area contributed by atoms with Crippen LogP contribution in [0.15, 0.2) is 66.2 Å². The number of aromatic nitrogens is 5. The van der Waals surface area contributed by atoms with Gasteiger partial charge in [0.05, 0.1) is 5.52 Å². The Hall–Kier alpha value is -2.94. The molecule has 3 heterocycles. The molecule has 0 saturated heterocycles. The SMILES string of the molecule is FC(F)(F)Cn1c(SCc2cccc3cccnc23)nnc1-c1ccncc1. The second kappa shape index (κ2) is 7.59. The summed E-state index contributed by atoms with van der Waals surface area (Å²) in [6, 6.07) is 12.8. The van der Waals surface area contributed by atoms with Crippen molar-refractivity contribution in [3.05, 3.63) is 66.6 Å². The number of alkyl halides is 3. The molecule has 3 aromatic heterocycles. The number of rotatable bonds is 5. The fraction of sp³-hybridized carbons (Fsp3) is 0.158. The van der Waals surface area contributed by atoms with E-state index in [2.05, 4.69) is 20.2 Å². The van der Waals surface area contributed by atoms with Gasteiger partial charge in [-0.25, -0.2) is 0 Å². The Labute approximate surface area is 162 Å². The molecule has 28 heavy (non-hydrogen) atoms. The Bertz CT molecular complexity index is 1090. The third-order valence-corrected chi connectivity index (χ3v) is 5.08. The fourth-order valence-corrected chi connectivity index (χ4v) is 3.78. The molecular weight excluding hydrogens is 387 g/mol. The quantitative estimate of drug-likeness (QED) is 0.452. The van der Waals surface area contributed by atoms with Crippen molar-refractivity contribution in [1.29, 1.82) is 0 Å². The van der Waals surface area contributed by atoms with Crippen LogP contribution in [0.4, 0.5) is 13.2 Å². The van der Waals surface area contributed by atoms with E-state index in [4.69, 9.17) is 0 Å². The zero-order valence-corrected chi connectivity index (χ0v) is 15.3. The number of halogens is 3. The molecule has 0 atom stereocenters. The van der Waals surface area contributed by atoms with Crippen LogP contribution >= 0.6 is 11.8 Å². The molecule has 4 rings (SSSR count). The van der Waals surface area contributed by atoms with Crippen LogP contribution in [0.2, 0.25) is 0 Å². The Kier molecular flexibility index (Phi) is 4.99. The van der Waals surface area contributed by atoms with Gasteiger partial charge in [0.1, 0.15) is 6.54 Å². The minimum absolute atomic E-state index is 0.165. The van der Waals surface area contributed by atoms with Gasteiger partial charge >= 0.3 is 6.18 Å². The summed E-state index contributed by atoms with van der Waals surface area (Å²) < 4.78 is 40.6. The van der Waals surface area contributed by atoms with Crippen molar-refractivity contribution in [2.24, 2.45) is 0 Å². The molecule has 0 aliphatic rings. The molecular formula is C19H14F3N5S. The lowest BCUT2D eigenvalue weighted by atomic mass is 10.1. The maximum atomic E-state index is 13.2. The normalized spacial score (nSPS) is 11.8. The highest BCUT2D eigenvalue weighted by molar-refractivity contribution is 7.98. The zero-order chi connectivity index (χ0) is 19.6. The van der Waals surface area contributed by atoms with Gasteiger partial charge in [-0.3, -0.25) is 14.5 Å². The van der Waals surface area contributed by atoms with Gasteiger partial charge in [0.15, 0.2) is 11.0 Å². The van der Waals surface area contributed by atoms with Gasteiger partial charge in [-0.2, -0.15) is 13.2 Å². The first-order chi connectivity index (χ1) is 13.5. The highest BCUT2D eigenvalue weighted by Gasteiger charge is 2.31. The molecule has 0 aliphatic heterocycles. The summed E-state index contributed by atoms with van der Waals surface area (Å²) in [4.78, 5) is 8.28. The lowest BCUT2D eigenvalue weighted by Gasteiger charge is -2.13. The van der Waals surface area contributed by atoms with E-state index in [1.165, 1.54) is 24.2 Å². The predicted molar refractivity (Wildman–Crippen MR) is 101 cm³/mol. The van der Waals surface area contributed by atoms with Crippen LogP contribution in [-0.2, 0) is 12.3 Å². The molecule has 0 fully saturated rings. The van der Waals surface area contributed by atoms with E-state index in [0.717, 1.165) is 21.0 Å². The summed E-state index contributed by atoms with van der Waals surface area (Å²) in [5.41, 5.74) is 2.29. The van der Waals surface area contributed by atoms with E-state index in [9.17, 15) is 13.2 Å². The molecule has 0 spiro atoms. The first kappa shape index (κ1) is 18.4. The topological polar surface area (TPSA) is 56.5 Å². The smallest absolute Gasteiger partial charge is 0.293 e. The van der Waals surface area contributed by atoms with E-state index in [0.29, 0.717) is 11.3 Å². The van der Waals surface area contributed by atoms with Gasteiger partial charge in [0.2, 0.25) is 0 Å². The second-order valence-electron chi connectivity index (χ2n) is 6.02. The van der Waals surface area contributed by atoms with Gasteiger partial charge in [-0.1, -0.05) is 36.0 Å². The second-order valence-corrected chi connectivity index (χ2v) is 6.97. The molecule has 0 bridgehead atoms. The minimum Gasteiger partial charge on any atom is -0.293 e. The van der Waals surface area contributed by atoms with E-state index in [1.807, 2.05) is 30.3 Å². The van der Waals surface area contributed by atoms with Crippen LogP contribution in [0.25, 0.3) is 22.3 Å². The van der Waals surface area contributed by atoms with Crippen molar-refractivity contribution in [1.82, 2.24) is 24.7 Å². The summed E-state index contributed by atoms with van der Waals surface area (Å²) in [6.07, 6.45) is 0.331. The number of thioether (sulfide) groups is 1. The van der Waals surface area contributed by atoms with Gasteiger partial charge in [-0.05, 0) is 23.8 Å². The van der Waals surface area contributed by atoms with Crippen LogP contribution in [0.3, 0.4) is 0 Å². The van der Waals surface area contributed by atoms with Crippen LogP contribution in [0.1, 0.15) is 5.56 Å². The molecule has 0 amide bonds. The lowest BCUT2D eigenvalue weighted by Crippen LogP contribution is -2.19. The molecule has 9 heteroatoms. The maximum Gasteiger partial charge on any atom is 0.406 e. The van der Waals surface area contributed by atoms with Crippen LogP contribution in [0.5, 0.6) is 0 Å². The summed E-state index contributed by atoms with van der Waals surface area (Å²) in [7, 11) is 0. The molecule has 0 radical (unpaired) electrons. The summed E-state index contributed by atoms with van der Waals surface area (Å²) in [5.74, 6) is 0.596. The summed E-state index contributed by atoms with van der Waals surface area (Å²) in [6.45, 7) is -1.16. The van der Waals surface area contributed by atoms with Crippen LogP contribution < -0.4 is 0 Å². The number of hydrogen-bond donors (Lipinski definition) is 0. The number of benzene rings is 1. The molecule has 0 unspecified atom stereocenters. The first-order valence-corrected chi connectivity index (χ1v) is 9.35. The molecule has 142 valence electrons. The predicted octanol–water partition coefficient (Wildman–Crippen LogP) is 4.74. The van der Waals surface area contributed by atoms with Gasteiger partial charge in [0, 0.05) is 35.3 Å². The molecule has 0 saturated carbocycles. The molecule has 4 aromatic rings. The zero-order valence-electron chi connectivity index (χ0n) is 14.5. The first-order valence-electron chi connectivity index (χ1n) is 8.37. The lowest BCUT2D eigenvalue weighted by molar-refractivity contribution is -0.141. The highest BCUT2D eigenvalue weighted by Crippen LogP contribution is 2.31. The number of para-hydroxylation sites is 1. The number of hydrogen-bond acceptors (Lipinski definition) is 5. The summed E-state index contributed by atoms with van der Waals surface area (Å²) >= 11 is 1.20. The van der Waals surface area contributed by atoms with Crippen molar-refractivity contribution >= 4 is 22.7 Å². The van der Waals surface area contributed by atoms with Gasteiger partial charge in [0.25, 0.3) is 0 Å². The van der Waals surface area contributed by atoms with Crippen molar-refractivity contribution in [3.8, 4) is 11.4 Å². The van der Waals surface area contributed by atoms with E-state index < -0.39 is 12.7 Å². The summed E-state index contributed by atoms with van der Waals surface area (Å²) in [5, 5.41) is 9.19. The Balaban J connectivity index is 1.66. The van der Waals surface area contributed by atoms with Crippen LogP contribution in [0, 0.1) is 0 Å². The van der Waals surface area contributed by atoms with Gasteiger partial charge < -0.3 is 0 Å². The Morgan fingerprint density at radius 2 is 1.71 bits per heavy atom. The maximum absolute atomic E-state index is 13.2. The number of nitrogens with zero attached hydrogens (tertiary/aromatic N) is 5. The van der Waals surface area contributed by atoms with Crippen LogP contribution in [-0.4, -0.2) is 30.9 Å². The third-order valence-electron chi connectivity index (χ3n) is 4.07. The Morgan fingerprint density at radius 1 is 0.929 bits per heavy atom. The fourth-order valence-electron chi connectivity index (χ4n) is 2.86. The molecule has 1 aromatic carbocycles. The number of pyridine rings is 2. The third kappa shape index (κ3) is 3.99. The van der Waals surface area contributed by atoms with Crippen molar-refractivity contribution in [2.45, 2.75) is 23.6 Å². The Morgan fingerprint density at radius 3 is 2.50 bits per heavy atom. The van der Waals surface area contributed by atoms with Crippen molar-refractivity contribution in [3.63, 3.8) is 0 Å².